The molecule has 22 heavy (non-hydrogen) atoms. The van der Waals surface area contributed by atoms with Crippen LogP contribution in [0.5, 0.6) is 5.75 Å². The van der Waals surface area contributed by atoms with Gasteiger partial charge in [0.2, 0.25) is 0 Å². The molecule has 1 amide bonds. The van der Waals surface area contributed by atoms with Crippen LogP contribution in [0.4, 0.5) is 0 Å². The smallest absolute Gasteiger partial charge is 0.267 e. The molecule has 1 fully saturated rings. The van der Waals surface area contributed by atoms with E-state index in [0.717, 1.165) is 30.9 Å². The normalized spacial score (nSPS) is 18.0. The number of carbonyl (C=O) groups is 1. The molecular formula is C16H26N2O3S. The van der Waals surface area contributed by atoms with Crippen molar-refractivity contribution in [2.24, 2.45) is 0 Å². The lowest BCUT2D eigenvalue weighted by Gasteiger charge is -2.26. The highest BCUT2D eigenvalue weighted by molar-refractivity contribution is 7.14. The SMILES string of the molecule is COc1cc(C)sc1C(=O)N(CCN(C)C)C[C@@H]1CCCO1. The van der Waals surface area contributed by atoms with Gasteiger partial charge in [-0.25, -0.2) is 0 Å². The van der Waals surface area contributed by atoms with Gasteiger partial charge in [0.25, 0.3) is 5.91 Å². The summed E-state index contributed by atoms with van der Waals surface area (Å²) in [6.45, 7) is 5.00. The first-order valence-corrected chi connectivity index (χ1v) is 8.53. The molecule has 0 unspecified atom stereocenters. The lowest BCUT2D eigenvalue weighted by molar-refractivity contribution is 0.0513. The van der Waals surface area contributed by atoms with E-state index in [-0.39, 0.29) is 12.0 Å². The predicted molar refractivity (Wildman–Crippen MR) is 89.0 cm³/mol. The average molecular weight is 326 g/mol. The summed E-state index contributed by atoms with van der Waals surface area (Å²) >= 11 is 1.50. The Balaban J connectivity index is 2.12. The van der Waals surface area contributed by atoms with Crippen LogP contribution in [-0.2, 0) is 4.74 Å². The molecule has 1 aromatic rings. The maximum atomic E-state index is 12.9. The molecule has 0 aromatic carbocycles. The molecule has 0 radical (unpaired) electrons. The first kappa shape index (κ1) is 17.2. The fourth-order valence-electron chi connectivity index (χ4n) is 2.57. The molecule has 0 spiro atoms. The van der Waals surface area contributed by atoms with Gasteiger partial charge >= 0.3 is 0 Å². The number of nitrogens with zero attached hydrogens (tertiary/aromatic N) is 2. The molecule has 124 valence electrons. The zero-order valence-corrected chi connectivity index (χ0v) is 14.7. The van der Waals surface area contributed by atoms with Crippen LogP contribution in [0.2, 0.25) is 0 Å². The molecule has 1 aliphatic rings. The van der Waals surface area contributed by atoms with Crippen LogP contribution < -0.4 is 4.74 Å². The summed E-state index contributed by atoms with van der Waals surface area (Å²) < 4.78 is 11.1. The van der Waals surface area contributed by atoms with Crippen molar-refractivity contribution in [2.45, 2.75) is 25.9 Å². The molecule has 1 aromatic heterocycles. The second kappa shape index (κ2) is 7.94. The van der Waals surface area contributed by atoms with Crippen LogP contribution in [0.25, 0.3) is 0 Å². The first-order valence-electron chi connectivity index (χ1n) is 7.71. The monoisotopic (exact) mass is 326 g/mol. The summed E-state index contributed by atoms with van der Waals surface area (Å²) in [4.78, 5) is 18.7. The Morgan fingerprint density at radius 2 is 2.23 bits per heavy atom. The van der Waals surface area contributed by atoms with Crippen molar-refractivity contribution in [3.8, 4) is 5.75 Å². The molecular weight excluding hydrogens is 300 g/mol. The Labute approximate surface area is 136 Å². The highest BCUT2D eigenvalue weighted by Crippen LogP contribution is 2.30. The summed E-state index contributed by atoms with van der Waals surface area (Å²) in [6.07, 6.45) is 2.28. The van der Waals surface area contributed by atoms with Crippen LogP contribution >= 0.6 is 11.3 Å². The van der Waals surface area contributed by atoms with E-state index in [0.29, 0.717) is 23.7 Å². The van der Waals surface area contributed by atoms with Crippen LogP contribution in [-0.4, -0.2) is 69.3 Å². The molecule has 2 rings (SSSR count). The maximum absolute atomic E-state index is 12.9. The van der Waals surface area contributed by atoms with Gasteiger partial charge in [-0.1, -0.05) is 0 Å². The summed E-state index contributed by atoms with van der Waals surface area (Å²) in [6, 6.07) is 1.92. The third-order valence-electron chi connectivity index (χ3n) is 3.79. The van der Waals surface area contributed by atoms with E-state index >= 15 is 0 Å². The molecule has 6 heteroatoms. The molecule has 1 atom stereocenters. The highest BCUT2D eigenvalue weighted by Gasteiger charge is 2.26. The van der Waals surface area contributed by atoms with Crippen LogP contribution in [0.15, 0.2) is 6.07 Å². The molecule has 0 aliphatic carbocycles. The van der Waals surface area contributed by atoms with Gasteiger partial charge < -0.3 is 19.3 Å². The number of hydrogen-bond donors (Lipinski definition) is 0. The topological polar surface area (TPSA) is 42.0 Å². The van der Waals surface area contributed by atoms with Crippen molar-refractivity contribution >= 4 is 17.2 Å². The molecule has 0 saturated carbocycles. The standard InChI is InChI=1S/C16H26N2O3S/c1-12-10-14(20-4)15(22-12)16(19)18(8-7-17(2)3)11-13-6-5-9-21-13/h10,13H,5-9,11H2,1-4H3/t13-/m0/s1. The third kappa shape index (κ3) is 4.44. The number of methoxy groups -OCH3 is 1. The van der Waals surface area contributed by atoms with E-state index in [1.54, 1.807) is 7.11 Å². The number of aryl methyl sites for hydroxylation is 1. The number of carbonyl (C=O) groups excluding carboxylic acids is 1. The van der Waals surface area contributed by atoms with Gasteiger partial charge in [0.05, 0.1) is 13.2 Å². The van der Waals surface area contributed by atoms with Crippen LogP contribution in [0.1, 0.15) is 27.4 Å². The zero-order valence-electron chi connectivity index (χ0n) is 13.9. The number of ether oxygens (including phenoxy) is 2. The summed E-state index contributed by atoms with van der Waals surface area (Å²) in [7, 11) is 5.65. The van der Waals surface area contributed by atoms with Crippen molar-refractivity contribution < 1.29 is 14.3 Å². The summed E-state index contributed by atoms with van der Waals surface area (Å²) in [5.41, 5.74) is 0. The minimum Gasteiger partial charge on any atom is -0.495 e. The summed E-state index contributed by atoms with van der Waals surface area (Å²) in [5, 5.41) is 0. The Bertz CT molecular complexity index is 496. The lowest BCUT2D eigenvalue weighted by Crippen LogP contribution is -2.41. The van der Waals surface area contributed by atoms with Gasteiger partial charge in [-0.3, -0.25) is 4.79 Å². The van der Waals surface area contributed by atoms with E-state index in [1.807, 2.05) is 32.0 Å². The van der Waals surface area contributed by atoms with E-state index < -0.39 is 0 Å². The largest absolute Gasteiger partial charge is 0.495 e. The average Bonchev–Trinajstić information content (AvgIpc) is 3.11. The Morgan fingerprint density at radius 3 is 2.82 bits per heavy atom. The van der Waals surface area contributed by atoms with Crippen LogP contribution in [0, 0.1) is 6.92 Å². The van der Waals surface area contributed by atoms with Gasteiger partial charge in [0, 0.05) is 31.1 Å². The minimum absolute atomic E-state index is 0.0484. The first-order chi connectivity index (χ1) is 10.5. The van der Waals surface area contributed by atoms with Gasteiger partial charge in [0.15, 0.2) is 0 Å². The Hall–Kier alpha value is -1.11. The van der Waals surface area contributed by atoms with Gasteiger partial charge in [-0.05, 0) is 39.9 Å². The van der Waals surface area contributed by atoms with Crippen molar-refractivity contribution in [1.29, 1.82) is 0 Å². The molecule has 0 bridgehead atoms. The Morgan fingerprint density at radius 1 is 1.45 bits per heavy atom. The molecule has 0 N–H and O–H groups in total. The van der Waals surface area contributed by atoms with Crippen LogP contribution in [0.3, 0.4) is 0 Å². The quantitative estimate of drug-likeness (QED) is 0.771. The molecule has 1 saturated heterocycles. The molecule has 1 aliphatic heterocycles. The maximum Gasteiger partial charge on any atom is 0.267 e. The molecule has 2 heterocycles. The number of rotatable bonds is 7. The van der Waals surface area contributed by atoms with Crippen molar-refractivity contribution in [3.05, 3.63) is 15.8 Å². The zero-order chi connectivity index (χ0) is 16.1. The molecule has 5 nitrogen and oxygen atoms in total. The second-order valence-electron chi connectivity index (χ2n) is 5.94. The fraction of sp³-hybridized carbons (Fsp3) is 0.688. The third-order valence-corrected chi connectivity index (χ3v) is 4.81. The van der Waals surface area contributed by atoms with Gasteiger partial charge in [-0.2, -0.15) is 0 Å². The minimum atomic E-state index is 0.0484. The van der Waals surface area contributed by atoms with E-state index in [4.69, 9.17) is 9.47 Å². The predicted octanol–water partition coefficient (Wildman–Crippen LogP) is 2.25. The number of thiophene rings is 1. The van der Waals surface area contributed by atoms with Gasteiger partial charge in [0.1, 0.15) is 10.6 Å². The lowest BCUT2D eigenvalue weighted by atomic mass is 10.2. The van der Waals surface area contributed by atoms with Crippen molar-refractivity contribution in [2.75, 3.05) is 47.4 Å². The van der Waals surface area contributed by atoms with Crippen molar-refractivity contribution in [3.63, 3.8) is 0 Å². The van der Waals surface area contributed by atoms with E-state index in [1.165, 1.54) is 11.3 Å². The van der Waals surface area contributed by atoms with Crippen molar-refractivity contribution in [1.82, 2.24) is 9.80 Å². The Kier molecular flexibility index (Phi) is 6.23. The second-order valence-corrected chi connectivity index (χ2v) is 7.20. The number of amides is 1. The highest BCUT2D eigenvalue weighted by atomic mass is 32.1. The number of hydrogen-bond acceptors (Lipinski definition) is 5. The fourth-order valence-corrected chi connectivity index (χ4v) is 3.51. The van der Waals surface area contributed by atoms with E-state index in [2.05, 4.69) is 4.90 Å². The van der Waals surface area contributed by atoms with E-state index in [9.17, 15) is 4.79 Å². The van der Waals surface area contributed by atoms with Gasteiger partial charge in [-0.15, -0.1) is 11.3 Å². The number of likely N-dealkylation sites (N-methyl/N-ethyl adjacent to an activating group) is 1. The summed E-state index contributed by atoms with van der Waals surface area (Å²) in [5.74, 6) is 0.724.